The molecule has 1 N–H and O–H groups in total. The van der Waals surface area contributed by atoms with Crippen LogP contribution in [0.1, 0.15) is 56.2 Å². The van der Waals surface area contributed by atoms with Gasteiger partial charge in [-0.3, -0.25) is 9.48 Å². The second-order valence-electron chi connectivity index (χ2n) is 10.3. The lowest BCUT2D eigenvalue weighted by Gasteiger charge is -2.36. The molecule has 1 saturated carbocycles. The zero-order valence-electron chi connectivity index (χ0n) is 20.9. The summed E-state index contributed by atoms with van der Waals surface area (Å²) in [5.74, 6) is 0.360. The number of nitrogens with zero attached hydrogens (tertiary/aromatic N) is 4. The average Bonchev–Trinajstić information content (AvgIpc) is 3.65. The largest absolute Gasteiger partial charge is 0.455 e. The van der Waals surface area contributed by atoms with E-state index >= 15 is 0 Å². The van der Waals surface area contributed by atoms with Gasteiger partial charge in [0, 0.05) is 34.8 Å². The van der Waals surface area contributed by atoms with Crippen LogP contribution in [-0.4, -0.2) is 34.8 Å². The minimum Gasteiger partial charge on any atom is -0.455 e. The van der Waals surface area contributed by atoms with E-state index in [1.54, 1.807) is 12.1 Å². The molecule has 37 heavy (non-hydrogen) atoms. The second kappa shape index (κ2) is 9.64. The highest BCUT2D eigenvalue weighted by Gasteiger charge is 2.39. The van der Waals surface area contributed by atoms with E-state index < -0.39 is 5.82 Å². The fraction of sp³-hybridized carbons (Fsp3) is 0.414. The smallest absolute Gasteiger partial charge is 0.230 e. The molecule has 2 aromatic carbocycles. The summed E-state index contributed by atoms with van der Waals surface area (Å²) >= 11 is 0. The molecule has 3 aromatic rings. The maximum absolute atomic E-state index is 14.5. The number of aromatic nitrogens is 2. The maximum atomic E-state index is 14.5. The molecule has 2 aliphatic heterocycles. The Morgan fingerprint density at radius 3 is 2.73 bits per heavy atom. The van der Waals surface area contributed by atoms with Crippen molar-refractivity contribution < 1.29 is 13.9 Å². The van der Waals surface area contributed by atoms with Crippen molar-refractivity contribution in [3.8, 4) is 28.7 Å². The van der Waals surface area contributed by atoms with Crippen molar-refractivity contribution in [3.05, 3.63) is 59.7 Å². The molecule has 0 spiro atoms. The Bertz CT molecular complexity index is 1380. The van der Waals surface area contributed by atoms with Gasteiger partial charge < -0.3 is 15.0 Å². The number of piperidine rings is 1. The molecular weight excluding hydrogens is 469 g/mol. The Kier molecular flexibility index (Phi) is 6.17. The van der Waals surface area contributed by atoms with Gasteiger partial charge in [-0.25, -0.2) is 4.39 Å². The van der Waals surface area contributed by atoms with Crippen molar-refractivity contribution in [1.29, 1.82) is 5.26 Å². The standard InChI is InChI=1S/C29H30FN5O2/c1-18-5-8-23-26(35(18)29(36)19-6-7-19)10-9-22(20-16-33-34(17-20)21-11-13-32-14-12-21)28(23)37-27-4-2-3-25(30)24(27)15-31/h2-4,9-10,16-19,21,32H,5-8,11-14H2,1H3. The molecule has 8 heteroatoms. The first-order chi connectivity index (χ1) is 18.0. The average molecular weight is 500 g/mol. The van der Waals surface area contributed by atoms with Gasteiger partial charge in [0.1, 0.15) is 28.9 Å². The van der Waals surface area contributed by atoms with Crippen molar-refractivity contribution >= 4 is 11.6 Å². The molecule has 3 heterocycles. The number of fused-ring (bicyclic) bond motifs is 1. The molecular formula is C29H30FN5O2. The van der Waals surface area contributed by atoms with Crippen LogP contribution in [0.2, 0.25) is 0 Å². The van der Waals surface area contributed by atoms with E-state index in [1.807, 2.05) is 40.2 Å². The maximum Gasteiger partial charge on any atom is 0.230 e. The molecule has 2 fully saturated rings. The van der Waals surface area contributed by atoms with Crippen molar-refractivity contribution in [2.24, 2.45) is 5.92 Å². The molecule has 7 nitrogen and oxygen atoms in total. The lowest BCUT2D eigenvalue weighted by Crippen LogP contribution is -2.43. The van der Waals surface area contributed by atoms with Crippen LogP contribution < -0.4 is 15.0 Å². The van der Waals surface area contributed by atoms with E-state index in [9.17, 15) is 14.4 Å². The van der Waals surface area contributed by atoms with Crippen LogP contribution in [0.15, 0.2) is 42.7 Å². The molecule has 1 aliphatic carbocycles. The van der Waals surface area contributed by atoms with Gasteiger partial charge in [-0.05, 0) is 82.8 Å². The summed E-state index contributed by atoms with van der Waals surface area (Å²) in [6.45, 7) is 4.01. The number of nitrogens with one attached hydrogen (secondary N) is 1. The van der Waals surface area contributed by atoms with Crippen LogP contribution in [0, 0.1) is 23.1 Å². The number of benzene rings is 2. The summed E-state index contributed by atoms with van der Waals surface area (Å²) in [4.78, 5) is 15.2. The summed E-state index contributed by atoms with van der Waals surface area (Å²) in [6, 6.07) is 10.7. The van der Waals surface area contributed by atoms with Gasteiger partial charge >= 0.3 is 0 Å². The summed E-state index contributed by atoms with van der Waals surface area (Å²) in [6.07, 6.45) is 9.29. The molecule has 3 aliphatic rings. The van der Waals surface area contributed by atoms with Crippen LogP contribution in [0.25, 0.3) is 11.1 Å². The number of anilines is 1. The van der Waals surface area contributed by atoms with Crippen LogP contribution >= 0.6 is 0 Å². The normalized spacial score (nSPS) is 19.8. The predicted molar refractivity (Wildman–Crippen MR) is 138 cm³/mol. The molecule has 6 rings (SSSR count). The van der Waals surface area contributed by atoms with Crippen LogP contribution in [-0.2, 0) is 11.2 Å². The minimum atomic E-state index is -0.621. The number of rotatable bonds is 5. The monoisotopic (exact) mass is 499 g/mol. The highest BCUT2D eigenvalue weighted by Crippen LogP contribution is 2.46. The van der Waals surface area contributed by atoms with Crippen LogP contribution in [0.5, 0.6) is 11.5 Å². The first kappa shape index (κ1) is 23.7. The number of amides is 1. The Morgan fingerprint density at radius 1 is 1.16 bits per heavy atom. The van der Waals surface area contributed by atoms with E-state index in [2.05, 4.69) is 17.3 Å². The Morgan fingerprint density at radius 2 is 1.97 bits per heavy atom. The van der Waals surface area contributed by atoms with E-state index in [4.69, 9.17) is 4.74 Å². The fourth-order valence-electron chi connectivity index (χ4n) is 5.57. The number of nitriles is 1. The number of halogens is 1. The molecule has 1 atom stereocenters. The van der Waals surface area contributed by atoms with Gasteiger partial charge in [0.05, 0.1) is 17.9 Å². The molecule has 1 amide bonds. The number of carbonyl (C=O) groups excluding carboxylic acids is 1. The zero-order chi connectivity index (χ0) is 25.5. The number of carbonyl (C=O) groups is 1. The molecule has 0 bridgehead atoms. The van der Waals surface area contributed by atoms with Crippen molar-refractivity contribution in [2.45, 2.75) is 57.5 Å². The van der Waals surface area contributed by atoms with Crippen molar-refractivity contribution in [2.75, 3.05) is 18.0 Å². The van der Waals surface area contributed by atoms with Gasteiger partial charge in [-0.1, -0.05) is 6.07 Å². The third kappa shape index (κ3) is 4.38. The third-order valence-electron chi connectivity index (χ3n) is 7.81. The van der Waals surface area contributed by atoms with Gasteiger partial charge in [0.2, 0.25) is 5.91 Å². The Balaban J connectivity index is 1.47. The van der Waals surface area contributed by atoms with E-state index in [-0.39, 0.29) is 29.2 Å². The SMILES string of the molecule is CC1CCc2c(ccc(-c3cnn(C4CCNCC4)c3)c2Oc2cccc(F)c2C#N)N1C(=O)C1CC1. The van der Waals surface area contributed by atoms with E-state index in [1.165, 1.54) is 6.07 Å². The van der Waals surface area contributed by atoms with Crippen LogP contribution in [0.3, 0.4) is 0 Å². The summed E-state index contributed by atoms with van der Waals surface area (Å²) < 4.78 is 22.9. The summed E-state index contributed by atoms with van der Waals surface area (Å²) in [5, 5.41) is 17.7. The quantitative estimate of drug-likeness (QED) is 0.511. The fourth-order valence-corrected chi connectivity index (χ4v) is 5.57. The minimum absolute atomic E-state index is 0.0887. The second-order valence-corrected chi connectivity index (χ2v) is 10.3. The highest BCUT2D eigenvalue weighted by molar-refractivity contribution is 5.99. The number of ether oxygens (including phenoxy) is 1. The highest BCUT2D eigenvalue weighted by atomic mass is 19.1. The van der Waals surface area contributed by atoms with Gasteiger partial charge in [-0.15, -0.1) is 0 Å². The van der Waals surface area contributed by atoms with Crippen molar-refractivity contribution in [1.82, 2.24) is 15.1 Å². The van der Waals surface area contributed by atoms with Gasteiger partial charge in [0.15, 0.2) is 0 Å². The lowest BCUT2D eigenvalue weighted by atomic mass is 9.92. The number of hydrogen-bond acceptors (Lipinski definition) is 5. The number of hydrogen-bond donors (Lipinski definition) is 1. The third-order valence-corrected chi connectivity index (χ3v) is 7.81. The Hall–Kier alpha value is -3.70. The summed E-state index contributed by atoms with van der Waals surface area (Å²) in [5.41, 5.74) is 3.33. The molecule has 1 unspecified atom stereocenters. The molecule has 0 radical (unpaired) electrons. The molecule has 190 valence electrons. The summed E-state index contributed by atoms with van der Waals surface area (Å²) in [7, 11) is 0. The lowest BCUT2D eigenvalue weighted by molar-refractivity contribution is -0.120. The predicted octanol–water partition coefficient (Wildman–Crippen LogP) is 5.36. The topological polar surface area (TPSA) is 83.2 Å². The van der Waals surface area contributed by atoms with Gasteiger partial charge in [0.25, 0.3) is 0 Å². The first-order valence-electron chi connectivity index (χ1n) is 13.2. The Labute approximate surface area is 215 Å². The molecule has 1 aromatic heterocycles. The van der Waals surface area contributed by atoms with Crippen LogP contribution in [0.4, 0.5) is 10.1 Å². The zero-order valence-corrected chi connectivity index (χ0v) is 20.9. The molecule has 1 saturated heterocycles. The van der Waals surface area contributed by atoms with E-state index in [0.717, 1.165) is 67.6 Å². The van der Waals surface area contributed by atoms with Crippen molar-refractivity contribution in [3.63, 3.8) is 0 Å². The first-order valence-corrected chi connectivity index (χ1v) is 13.2. The van der Waals surface area contributed by atoms with E-state index in [0.29, 0.717) is 18.2 Å². The van der Waals surface area contributed by atoms with Gasteiger partial charge in [-0.2, -0.15) is 10.4 Å².